The zero-order valence-corrected chi connectivity index (χ0v) is 14.5. The van der Waals surface area contributed by atoms with E-state index in [9.17, 15) is 18.1 Å². The predicted octanol–water partition coefficient (Wildman–Crippen LogP) is 3.31. The van der Waals surface area contributed by atoms with Crippen molar-refractivity contribution in [2.75, 3.05) is 13.2 Å². The van der Waals surface area contributed by atoms with Crippen molar-refractivity contribution in [2.45, 2.75) is 23.0 Å². The molecule has 0 aromatic heterocycles. The van der Waals surface area contributed by atoms with Crippen LogP contribution in [0.3, 0.4) is 0 Å². The molecule has 0 aliphatic heterocycles. The first-order chi connectivity index (χ1) is 12.0. The van der Waals surface area contributed by atoms with Crippen LogP contribution in [0.4, 0.5) is 4.39 Å². The largest absolute Gasteiger partial charge is 0.380 e. The molecule has 0 radical (unpaired) electrons. The topological polar surface area (TPSA) is 67.2 Å². The second-order valence-corrected chi connectivity index (χ2v) is 8.17. The summed E-state index contributed by atoms with van der Waals surface area (Å²) >= 11 is 0. The molecule has 0 heterocycles. The van der Waals surface area contributed by atoms with E-state index in [0.29, 0.717) is 12.2 Å². The van der Waals surface area contributed by atoms with Gasteiger partial charge in [-0.2, -0.15) is 5.26 Å². The van der Waals surface area contributed by atoms with Crippen LogP contribution < -0.4 is 0 Å². The highest BCUT2D eigenvalue weighted by Gasteiger charge is 2.72. The van der Waals surface area contributed by atoms with Gasteiger partial charge < -0.3 is 4.74 Å². The minimum Gasteiger partial charge on any atom is -0.380 e. The summed E-state index contributed by atoms with van der Waals surface area (Å²) in [6.45, 7) is 2.21. The van der Waals surface area contributed by atoms with Gasteiger partial charge in [0.1, 0.15) is 11.2 Å². The van der Waals surface area contributed by atoms with E-state index in [1.807, 2.05) is 0 Å². The Morgan fingerprint density at radius 1 is 1.16 bits per heavy atom. The van der Waals surface area contributed by atoms with Gasteiger partial charge in [0.2, 0.25) is 0 Å². The Bertz CT molecular complexity index is 891. The lowest BCUT2D eigenvalue weighted by molar-refractivity contribution is 0.117. The van der Waals surface area contributed by atoms with E-state index in [4.69, 9.17) is 4.74 Å². The molecule has 0 spiro atoms. The van der Waals surface area contributed by atoms with Gasteiger partial charge in [0.05, 0.1) is 22.8 Å². The van der Waals surface area contributed by atoms with Crippen molar-refractivity contribution in [1.82, 2.24) is 0 Å². The third-order valence-corrected chi connectivity index (χ3v) is 6.94. The maximum absolute atomic E-state index is 13.2. The fourth-order valence-corrected chi connectivity index (χ4v) is 5.70. The zero-order valence-electron chi connectivity index (χ0n) is 13.7. The first-order valence-corrected chi connectivity index (χ1v) is 9.55. The molecule has 6 heteroatoms. The van der Waals surface area contributed by atoms with Crippen molar-refractivity contribution in [3.8, 4) is 6.07 Å². The third kappa shape index (κ3) is 2.94. The second kappa shape index (κ2) is 6.58. The summed E-state index contributed by atoms with van der Waals surface area (Å²) in [4.78, 5) is 0.181. The summed E-state index contributed by atoms with van der Waals surface area (Å²) < 4.78 is 44.9. The van der Waals surface area contributed by atoms with Crippen molar-refractivity contribution in [1.29, 1.82) is 5.26 Å². The molecule has 3 atom stereocenters. The first-order valence-electron chi connectivity index (χ1n) is 8.01. The number of nitrogens with zero attached hydrogens (tertiary/aromatic N) is 1. The van der Waals surface area contributed by atoms with E-state index in [1.54, 1.807) is 37.3 Å². The van der Waals surface area contributed by atoms with Crippen molar-refractivity contribution in [3.05, 3.63) is 66.0 Å². The summed E-state index contributed by atoms with van der Waals surface area (Å²) in [6.07, 6.45) is 0. The quantitative estimate of drug-likeness (QED) is 0.794. The minimum atomic E-state index is -3.72. The zero-order chi connectivity index (χ0) is 18.1. The molecule has 1 saturated carbocycles. The molecule has 0 N–H and O–H groups in total. The third-order valence-electron chi connectivity index (χ3n) is 4.64. The van der Waals surface area contributed by atoms with Crippen LogP contribution in [0.5, 0.6) is 0 Å². The van der Waals surface area contributed by atoms with E-state index < -0.39 is 32.2 Å². The second-order valence-electron chi connectivity index (χ2n) is 6.10. The Morgan fingerprint density at radius 2 is 1.80 bits per heavy atom. The average Bonchev–Trinajstić information content (AvgIpc) is 3.31. The lowest BCUT2D eigenvalue weighted by atomic mass is 10.0. The van der Waals surface area contributed by atoms with Crippen LogP contribution in [-0.4, -0.2) is 26.9 Å². The van der Waals surface area contributed by atoms with Crippen LogP contribution in [0.1, 0.15) is 18.4 Å². The standard InChI is InChI=1S/C19H18FNO3S/c1-2-24-13-19(12-21)17(14-8-10-15(20)11-9-14)18(19)25(22,23)16-6-4-3-5-7-16/h3-11,17-18H,2,13H2,1H3/t17-,18-,19-/m0/s1. The maximum Gasteiger partial charge on any atom is 0.183 e. The molecule has 4 nitrogen and oxygen atoms in total. The van der Waals surface area contributed by atoms with E-state index in [0.717, 1.165) is 0 Å². The molecule has 2 aromatic rings. The Hall–Kier alpha value is -2.23. The number of hydrogen-bond acceptors (Lipinski definition) is 4. The number of nitriles is 1. The van der Waals surface area contributed by atoms with Gasteiger partial charge in [-0.05, 0) is 36.8 Å². The van der Waals surface area contributed by atoms with Gasteiger partial charge in [-0.3, -0.25) is 0 Å². The van der Waals surface area contributed by atoms with Gasteiger partial charge in [0.15, 0.2) is 9.84 Å². The van der Waals surface area contributed by atoms with Crippen molar-refractivity contribution >= 4 is 9.84 Å². The summed E-state index contributed by atoms with van der Waals surface area (Å²) in [6, 6.07) is 15.9. The molecule has 3 rings (SSSR count). The molecule has 2 aromatic carbocycles. The van der Waals surface area contributed by atoms with Gasteiger partial charge in [0.25, 0.3) is 0 Å². The fraction of sp³-hybridized carbons (Fsp3) is 0.316. The maximum atomic E-state index is 13.2. The number of hydrogen-bond donors (Lipinski definition) is 0. The Labute approximate surface area is 146 Å². The van der Waals surface area contributed by atoms with Gasteiger partial charge in [-0.15, -0.1) is 0 Å². The van der Waals surface area contributed by atoms with E-state index >= 15 is 0 Å². The number of rotatable bonds is 6. The molecule has 25 heavy (non-hydrogen) atoms. The number of sulfone groups is 1. The summed E-state index contributed by atoms with van der Waals surface area (Å²) in [5.74, 6) is -0.950. The van der Waals surface area contributed by atoms with Crippen LogP contribution in [0.2, 0.25) is 0 Å². The first kappa shape index (κ1) is 17.6. The Balaban J connectivity index is 2.06. The lowest BCUT2D eigenvalue weighted by Gasteiger charge is -2.09. The number of halogens is 1. The predicted molar refractivity (Wildman–Crippen MR) is 91.1 cm³/mol. The molecule has 0 amide bonds. The normalized spacial score (nSPS) is 25.3. The summed E-state index contributed by atoms with van der Waals surface area (Å²) in [7, 11) is -3.72. The highest BCUT2D eigenvalue weighted by Crippen LogP contribution is 2.63. The highest BCUT2D eigenvalue weighted by molar-refractivity contribution is 7.92. The van der Waals surface area contributed by atoms with Gasteiger partial charge in [-0.1, -0.05) is 30.3 Å². The smallest absolute Gasteiger partial charge is 0.183 e. The van der Waals surface area contributed by atoms with Crippen LogP contribution in [0.15, 0.2) is 59.5 Å². The molecule has 1 aliphatic carbocycles. The molecular weight excluding hydrogens is 341 g/mol. The van der Waals surface area contributed by atoms with E-state index in [1.165, 1.54) is 24.3 Å². The van der Waals surface area contributed by atoms with Crippen LogP contribution >= 0.6 is 0 Å². The molecule has 0 saturated heterocycles. The number of benzene rings is 2. The highest BCUT2D eigenvalue weighted by atomic mass is 32.2. The molecule has 0 bridgehead atoms. The van der Waals surface area contributed by atoms with Crippen molar-refractivity contribution in [2.24, 2.45) is 5.41 Å². The van der Waals surface area contributed by atoms with Crippen LogP contribution in [0, 0.1) is 22.6 Å². The molecular formula is C19H18FNO3S. The average molecular weight is 359 g/mol. The van der Waals surface area contributed by atoms with Crippen LogP contribution in [0.25, 0.3) is 0 Å². The Morgan fingerprint density at radius 3 is 2.36 bits per heavy atom. The van der Waals surface area contributed by atoms with Gasteiger partial charge >= 0.3 is 0 Å². The van der Waals surface area contributed by atoms with Crippen molar-refractivity contribution < 1.29 is 17.5 Å². The van der Waals surface area contributed by atoms with E-state index in [2.05, 4.69) is 6.07 Å². The monoisotopic (exact) mass is 359 g/mol. The van der Waals surface area contributed by atoms with Crippen molar-refractivity contribution in [3.63, 3.8) is 0 Å². The van der Waals surface area contributed by atoms with Crippen LogP contribution in [-0.2, 0) is 14.6 Å². The molecule has 130 valence electrons. The Kier molecular flexibility index (Phi) is 4.63. The molecule has 1 fully saturated rings. The molecule has 0 unspecified atom stereocenters. The van der Waals surface area contributed by atoms with Gasteiger partial charge in [-0.25, -0.2) is 12.8 Å². The van der Waals surface area contributed by atoms with Gasteiger partial charge in [0, 0.05) is 12.5 Å². The SMILES string of the molecule is CCOC[C@@]1(C#N)[C@@H](c2ccc(F)cc2)[C@@H]1S(=O)(=O)c1ccccc1. The van der Waals surface area contributed by atoms with E-state index in [-0.39, 0.29) is 11.5 Å². The number of ether oxygens (including phenoxy) is 1. The molecule has 1 aliphatic rings. The fourth-order valence-electron chi connectivity index (χ4n) is 3.37. The minimum absolute atomic E-state index is 0.0266. The summed E-state index contributed by atoms with van der Waals surface area (Å²) in [5, 5.41) is 8.87. The summed E-state index contributed by atoms with van der Waals surface area (Å²) in [5.41, 5.74) is -0.533. The lowest BCUT2D eigenvalue weighted by Crippen LogP contribution is -2.19.